The van der Waals surface area contributed by atoms with Crippen LogP contribution < -0.4 is 15.4 Å². The molecule has 29 heavy (non-hydrogen) atoms. The van der Waals surface area contributed by atoms with Gasteiger partial charge in [0.25, 0.3) is 0 Å². The molecule has 1 unspecified atom stereocenters. The highest BCUT2D eigenvalue weighted by molar-refractivity contribution is 14.0. The number of aromatic nitrogens is 1. The van der Waals surface area contributed by atoms with Crippen LogP contribution in [0.4, 0.5) is 0 Å². The average Bonchev–Trinajstić information content (AvgIpc) is 3.03. The van der Waals surface area contributed by atoms with Gasteiger partial charge < -0.3 is 15.4 Å². The molecule has 0 bridgehead atoms. The van der Waals surface area contributed by atoms with E-state index in [2.05, 4.69) is 25.3 Å². The Bertz CT molecular complexity index is 768. The Morgan fingerprint density at radius 3 is 2.59 bits per heavy atom. The van der Waals surface area contributed by atoms with Gasteiger partial charge in [0.1, 0.15) is 9.88 Å². The minimum atomic E-state index is -3.17. The number of nitrogens with zero attached hydrogens (tertiary/aromatic N) is 2. The van der Waals surface area contributed by atoms with Gasteiger partial charge in [0.05, 0.1) is 24.1 Å². The molecule has 1 aromatic heterocycles. The van der Waals surface area contributed by atoms with E-state index in [1.165, 1.54) is 11.3 Å². The van der Waals surface area contributed by atoms with Gasteiger partial charge in [-0.05, 0) is 41.0 Å². The standard InChI is InChI=1S/C17H31N5O4S2.HI/c1-6-18-17(19-10-9-11-20-28(24,25)8-3)22-13(5)15-21-12(4)14(27-15)16(23)26-7-2;/h13,20H,6-11H2,1-5H3,(H2,18,19,22);1H. The van der Waals surface area contributed by atoms with Crippen LogP contribution in [-0.2, 0) is 14.8 Å². The fraction of sp³-hybridized carbons (Fsp3) is 0.706. The summed E-state index contributed by atoms with van der Waals surface area (Å²) in [6.45, 7) is 10.9. The highest BCUT2D eigenvalue weighted by atomic mass is 127. The van der Waals surface area contributed by atoms with Gasteiger partial charge >= 0.3 is 5.97 Å². The summed E-state index contributed by atoms with van der Waals surface area (Å²) in [5.74, 6) is 0.323. The Morgan fingerprint density at radius 2 is 2.00 bits per heavy atom. The van der Waals surface area contributed by atoms with Crippen LogP contribution in [0.1, 0.15) is 60.5 Å². The van der Waals surface area contributed by atoms with Gasteiger partial charge in [-0.2, -0.15) is 0 Å². The zero-order chi connectivity index (χ0) is 21.2. The zero-order valence-corrected chi connectivity index (χ0v) is 21.5. The number of guanidine groups is 1. The van der Waals surface area contributed by atoms with Crippen LogP contribution in [0.5, 0.6) is 0 Å². The van der Waals surface area contributed by atoms with E-state index in [9.17, 15) is 13.2 Å². The lowest BCUT2D eigenvalue weighted by atomic mass is 10.3. The summed E-state index contributed by atoms with van der Waals surface area (Å²) in [5.41, 5.74) is 0.650. The van der Waals surface area contributed by atoms with E-state index in [4.69, 9.17) is 4.74 Å². The van der Waals surface area contributed by atoms with Gasteiger partial charge in [0.15, 0.2) is 5.96 Å². The van der Waals surface area contributed by atoms with Crippen LogP contribution in [0.3, 0.4) is 0 Å². The van der Waals surface area contributed by atoms with E-state index < -0.39 is 10.0 Å². The second-order valence-electron chi connectivity index (χ2n) is 5.97. The largest absolute Gasteiger partial charge is 0.462 e. The number of ether oxygens (including phenoxy) is 1. The van der Waals surface area contributed by atoms with Crippen LogP contribution >= 0.6 is 35.3 Å². The summed E-state index contributed by atoms with van der Waals surface area (Å²) in [6.07, 6.45) is 0.591. The molecule has 12 heteroatoms. The second kappa shape index (κ2) is 14.1. The maximum absolute atomic E-state index is 12.0. The summed E-state index contributed by atoms with van der Waals surface area (Å²) in [5, 5.41) is 7.18. The molecule has 1 heterocycles. The number of aliphatic imine (C=N–C) groups is 1. The molecule has 0 radical (unpaired) electrons. The molecule has 3 N–H and O–H groups in total. The quantitative estimate of drug-likeness (QED) is 0.125. The molecule has 0 aromatic carbocycles. The highest BCUT2D eigenvalue weighted by Gasteiger charge is 2.20. The first-order chi connectivity index (χ1) is 13.2. The summed E-state index contributed by atoms with van der Waals surface area (Å²) >= 11 is 1.31. The van der Waals surface area contributed by atoms with Crippen molar-refractivity contribution in [3.8, 4) is 0 Å². The number of aryl methyl sites for hydroxylation is 1. The molecule has 0 aliphatic heterocycles. The Kier molecular flexibility index (Phi) is 13.6. The molecule has 1 atom stereocenters. The average molecular weight is 562 g/mol. The van der Waals surface area contributed by atoms with Crippen molar-refractivity contribution in [2.45, 2.75) is 47.1 Å². The summed E-state index contributed by atoms with van der Waals surface area (Å²) in [6, 6.07) is -0.150. The first-order valence-corrected chi connectivity index (χ1v) is 11.9. The van der Waals surface area contributed by atoms with E-state index in [1.54, 1.807) is 20.8 Å². The number of carbonyl (C=O) groups is 1. The van der Waals surface area contributed by atoms with Gasteiger partial charge in [-0.3, -0.25) is 4.99 Å². The first-order valence-electron chi connectivity index (χ1n) is 9.40. The molecule has 0 aliphatic carbocycles. The number of carbonyl (C=O) groups excluding carboxylic acids is 1. The molecule has 9 nitrogen and oxygen atoms in total. The van der Waals surface area contributed by atoms with Crippen LogP contribution in [0, 0.1) is 6.92 Å². The third kappa shape index (κ3) is 10.0. The minimum absolute atomic E-state index is 0. The van der Waals surface area contributed by atoms with Gasteiger partial charge in [0.2, 0.25) is 10.0 Å². The number of sulfonamides is 1. The SMILES string of the molecule is CCNC(=NCCCNS(=O)(=O)CC)NC(C)c1nc(C)c(C(=O)OCC)s1.I. The zero-order valence-electron chi connectivity index (χ0n) is 17.6. The van der Waals surface area contributed by atoms with Crippen LogP contribution in [-0.4, -0.2) is 57.3 Å². The molecule has 1 aromatic rings. The van der Waals surface area contributed by atoms with E-state index in [1.807, 2.05) is 13.8 Å². The lowest BCUT2D eigenvalue weighted by Gasteiger charge is -2.16. The van der Waals surface area contributed by atoms with Gasteiger partial charge in [-0.15, -0.1) is 35.3 Å². The summed E-state index contributed by atoms with van der Waals surface area (Å²) in [4.78, 5) is 21.4. The van der Waals surface area contributed by atoms with Crippen LogP contribution in [0.25, 0.3) is 0 Å². The van der Waals surface area contributed by atoms with Crippen molar-refractivity contribution >= 4 is 57.3 Å². The van der Waals surface area contributed by atoms with Gasteiger partial charge in [0, 0.05) is 19.6 Å². The molecular formula is C17H32IN5O4S2. The number of halogens is 1. The van der Waals surface area contributed by atoms with E-state index in [0.29, 0.717) is 49.2 Å². The maximum atomic E-state index is 12.0. The molecule has 0 spiro atoms. The van der Waals surface area contributed by atoms with Crippen molar-refractivity contribution in [3.05, 3.63) is 15.6 Å². The van der Waals surface area contributed by atoms with E-state index >= 15 is 0 Å². The Morgan fingerprint density at radius 1 is 1.31 bits per heavy atom. The third-order valence-corrected chi connectivity index (χ3v) is 6.37. The monoisotopic (exact) mass is 561 g/mol. The number of thiazole rings is 1. The second-order valence-corrected chi connectivity index (χ2v) is 9.09. The molecule has 0 saturated heterocycles. The fourth-order valence-corrected chi connectivity index (χ4v) is 3.80. The highest BCUT2D eigenvalue weighted by Crippen LogP contribution is 2.24. The van der Waals surface area contributed by atoms with Crippen molar-refractivity contribution in [2.75, 3.05) is 32.0 Å². The summed E-state index contributed by atoms with van der Waals surface area (Å²) < 4.78 is 30.4. The fourth-order valence-electron chi connectivity index (χ4n) is 2.18. The summed E-state index contributed by atoms with van der Waals surface area (Å²) in [7, 11) is -3.17. The van der Waals surface area contributed by atoms with Crippen molar-refractivity contribution in [3.63, 3.8) is 0 Å². The number of rotatable bonds is 11. The lowest BCUT2D eigenvalue weighted by molar-refractivity contribution is 0.0531. The maximum Gasteiger partial charge on any atom is 0.350 e. The molecule has 1 rings (SSSR count). The molecule has 0 saturated carbocycles. The Labute approximate surface area is 194 Å². The smallest absolute Gasteiger partial charge is 0.350 e. The van der Waals surface area contributed by atoms with Crippen molar-refractivity contribution in [2.24, 2.45) is 4.99 Å². The lowest BCUT2D eigenvalue weighted by Crippen LogP contribution is -2.39. The van der Waals surface area contributed by atoms with Crippen molar-refractivity contribution in [1.82, 2.24) is 20.3 Å². The predicted molar refractivity (Wildman–Crippen MR) is 128 cm³/mol. The molecule has 0 aliphatic rings. The number of nitrogens with one attached hydrogen (secondary N) is 3. The number of hydrogen-bond acceptors (Lipinski definition) is 7. The van der Waals surface area contributed by atoms with Crippen molar-refractivity contribution in [1.29, 1.82) is 0 Å². The normalized spacial score (nSPS) is 12.8. The van der Waals surface area contributed by atoms with Crippen LogP contribution in [0.15, 0.2) is 4.99 Å². The molecule has 0 fully saturated rings. The third-order valence-electron chi connectivity index (χ3n) is 3.65. The Hall–Kier alpha value is -0.990. The van der Waals surface area contributed by atoms with Crippen LogP contribution in [0.2, 0.25) is 0 Å². The van der Waals surface area contributed by atoms with E-state index in [0.717, 1.165) is 5.01 Å². The first kappa shape index (κ1) is 28.0. The molecule has 168 valence electrons. The minimum Gasteiger partial charge on any atom is -0.462 e. The predicted octanol–water partition coefficient (Wildman–Crippen LogP) is 2.19. The van der Waals surface area contributed by atoms with Crippen molar-refractivity contribution < 1.29 is 17.9 Å². The van der Waals surface area contributed by atoms with Gasteiger partial charge in [-0.25, -0.2) is 22.9 Å². The Balaban J connectivity index is 0.00000784. The molecule has 0 amide bonds. The van der Waals surface area contributed by atoms with E-state index in [-0.39, 0.29) is 41.7 Å². The number of esters is 1. The van der Waals surface area contributed by atoms with Gasteiger partial charge in [-0.1, -0.05) is 0 Å². The molecular weight excluding hydrogens is 529 g/mol. The topological polar surface area (TPSA) is 122 Å². The number of hydrogen-bond donors (Lipinski definition) is 3.